The molecule has 0 aliphatic rings. The Morgan fingerprint density at radius 2 is 1.93 bits per heavy atom. The molecular formula is C22H25N3O2S. The number of hydrogen-bond donors (Lipinski definition) is 1. The van der Waals surface area contributed by atoms with Crippen LogP contribution in [-0.4, -0.2) is 22.5 Å². The molecule has 146 valence electrons. The van der Waals surface area contributed by atoms with E-state index < -0.39 is 0 Å². The smallest absolute Gasteiger partial charge is 0.257 e. The predicted octanol–water partition coefficient (Wildman–Crippen LogP) is 5.81. The van der Waals surface area contributed by atoms with Gasteiger partial charge in [-0.25, -0.2) is 4.98 Å². The number of carbonyl (C=O) groups is 1. The number of carbonyl (C=O) groups excluding carboxylic acids is 1. The molecule has 0 saturated carbocycles. The number of anilines is 1. The van der Waals surface area contributed by atoms with Crippen LogP contribution >= 0.6 is 11.3 Å². The third-order valence-corrected chi connectivity index (χ3v) is 5.07. The Bertz CT molecular complexity index is 863. The van der Waals surface area contributed by atoms with Crippen molar-refractivity contribution in [1.29, 1.82) is 0 Å². The molecule has 0 radical (unpaired) electrons. The average molecular weight is 396 g/mol. The number of rotatable bonds is 10. The molecule has 0 spiro atoms. The fourth-order valence-corrected chi connectivity index (χ4v) is 3.46. The van der Waals surface area contributed by atoms with Gasteiger partial charge in [-0.05, 0) is 42.8 Å². The van der Waals surface area contributed by atoms with Crippen LogP contribution in [-0.2, 0) is 0 Å². The lowest BCUT2D eigenvalue weighted by molar-refractivity contribution is 0.102. The molecule has 2 aromatic heterocycles. The van der Waals surface area contributed by atoms with Gasteiger partial charge in [0.25, 0.3) is 5.91 Å². The van der Waals surface area contributed by atoms with Crippen molar-refractivity contribution in [2.75, 3.05) is 11.9 Å². The van der Waals surface area contributed by atoms with E-state index in [9.17, 15) is 4.79 Å². The average Bonchev–Trinajstić information content (AvgIpc) is 3.20. The molecule has 1 amide bonds. The molecule has 0 fully saturated rings. The summed E-state index contributed by atoms with van der Waals surface area (Å²) in [4.78, 5) is 21.0. The normalized spacial score (nSPS) is 10.6. The number of nitrogens with one attached hydrogen (secondary N) is 1. The summed E-state index contributed by atoms with van der Waals surface area (Å²) in [5.41, 5.74) is 2.31. The third kappa shape index (κ3) is 5.89. The summed E-state index contributed by atoms with van der Waals surface area (Å²) in [6, 6.07) is 11.0. The topological polar surface area (TPSA) is 64.1 Å². The van der Waals surface area contributed by atoms with Crippen LogP contribution in [0.1, 0.15) is 49.4 Å². The molecule has 0 aliphatic heterocycles. The summed E-state index contributed by atoms with van der Waals surface area (Å²) in [6.07, 6.45) is 9.53. The van der Waals surface area contributed by atoms with E-state index in [0.29, 0.717) is 17.3 Å². The van der Waals surface area contributed by atoms with E-state index in [1.165, 1.54) is 37.0 Å². The number of amides is 1. The second-order valence-electron chi connectivity index (χ2n) is 6.52. The number of thiazole rings is 1. The second-order valence-corrected chi connectivity index (χ2v) is 7.38. The third-order valence-electron chi connectivity index (χ3n) is 4.32. The van der Waals surface area contributed by atoms with Gasteiger partial charge < -0.3 is 4.74 Å². The van der Waals surface area contributed by atoms with E-state index in [4.69, 9.17) is 4.74 Å². The molecule has 0 atom stereocenters. The SMILES string of the molecule is CCCCCCCOc1ccc(C(=O)Nc2nc(-c3cccnc3)cs2)cc1. The van der Waals surface area contributed by atoms with Gasteiger partial charge in [0.05, 0.1) is 12.3 Å². The fraction of sp³-hybridized carbons (Fsp3) is 0.318. The highest BCUT2D eigenvalue weighted by atomic mass is 32.1. The minimum absolute atomic E-state index is 0.182. The van der Waals surface area contributed by atoms with Gasteiger partial charge in [-0.2, -0.15) is 0 Å². The zero-order valence-electron chi connectivity index (χ0n) is 16.1. The van der Waals surface area contributed by atoms with Gasteiger partial charge >= 0.3 is 0 Å². The summed E-state index contributed by atoms with van der Waals surface area (Å²) in [6.45, 7) is 2.92. The predicted molar refractivity (Wildman–Crippen MR) is 114 cm³/mol. The number of hydrogen-bond acceptors (Lipinski definition) is 5. The summed E-state index contributed by atoms with van der Waals surface area (Å²) < 4.78 is 5.74. The number of nitrogens with zero attached hydrogens (tertiary/aromatic N) is 2. The van der Waals surface area contributed by atoms with E-state index in [2.05, 4.69) is 22.2 Å². The van der Waals surface area contributed by atoms with Crippen molar-refractivity contribution in [2.24, 2.45) is 0 Å². The number of ether oxygens (including phenoxy) is 1. The maximum atomic E-state index is 12.4. The fourth-order valence-electron chi connectivity index (χ4n) is 2.75. The monoisotopic (exact) mass is 395 g/mol. The van der Waals surface area contributed by atoms with Gasteiger partial charge in [0.15, 0.2) is 5.13 Å². The molecule has 1 N–H and O–H groups in total. The van der Waals surface area contributed by atoms with E-state index in [1.54, 1.807) is 24.5 Å². The number of benzene rings is 1. The molecule has 0 saturated heterocycles. The maximum Gasteiger partial charge on any atom is 0.257 e. The van der Waals surface area contributed by atoms with Crippen LogP contribution in [0.2, 0.25) is 0 Å². The lowest BCUT2D eigenvalue weighted by Gasteiger charge is -2.07. The van der Waals surface area contributed by atoms with Crippen LogP contribution in [0.4, 0.5) is 5.13 Å². The molecule has 5 nitrogen and oxygen atoms in total. The first-order valence-corrected chi connectivity index (χ1v) is 10.5. The van der Waals surface area contributed by atoms with Crippen LogP contribution in [0, 0.1) is 0 Å². The Kier molecular flexibility index (Phi) is 7.55. The van der Waals surface area contributed by atoms with Crippen LogP contribution in [0.25, 0.3) is 11.3 Å². The lowest BCUT2D eigenvalue weighted by atomic mass is 10.2. The first-order valence-electron chi connectivity index (χ1n) is 9.66. The largest absolute Gasteiger partial charge is 0.494 e. The molecule has 0 bridgehead atoms. The van der Waals surface area contributed by atoms with E-state index in [0.717, 1.165) is 23.4 Å². The molecular weight excluding hydrogens is 370 g/mol. The molecule has 0 unspecified atom stereocenters. The van der Waals surface area contributed by atoms with Gasteiger partial charge in [0, 0.05) is 28.9 Å². The summed E-state index contributed by atoms with van der Waals surface area (Å²) in [7, 11) is 0. The van der Waals surface area contributed by atoms with Crippen LogP contribution in [0.15, 0.2) is 54.2 Å². The summed E-state index contributed by atoms with van der Waals surface area (Å²) in [5, 5.41) is 5.32. The van der Waals surface area contributed by atoms with Crippen molar-refractivity contribution >= 4 is 22.4 Å². The Morgan fingerprint density at radius 1 is 1.11 bits per heavy atom. The van der Waals surface area contributed by atoms with E-state index >= 15 is 0 Å². The Morgan fingerprint density at radius 3 is 2.68 bits per heavy atom. The van der Waals surface area contributed by atoms with Crippen LogP contribution in [0.5, 0.6) is 5.75 Å². The zero-order valence-corrected chi connectivity index (χ0v) is 16.9. The maximum absolute atomic E-state index is 12.4. The second kappa shape index (κ2) is 10.6. The minimum Gasteiger partial charge on any atom is -0.494 e. The Balaban J connectivity index is 1.49. The first-order chi connectivity index (χ1) is 13.8. The molecule has 2 heterocycles. The first kappa shape index (κ1) is 20.0. The number of aromatic nitrogens is 2. The van der Waals surface area contributed by atoms with Gasteiger partial charge in [0.2, 0.25) is 0 Å². The standard InChI is InChI=1S/C22H25N3O2S/c1-2-3-4-5-6-14-27-19-11-9-17(10-12-19)21(26)25-22-24-20(16-28-22)18-8-7-13-23-15-18/h7-13,15-16H,2-6,14H2,1H3,(H,24,25,26). The highest BCUT2D eigenvalue weighted by Crippen LogP contribution is 2.24. The van der Waals surface area contributed by atoms with Gasteiger partial charge in [-0.1, -0.05) is 32.6 Å². The van der Waals surface area contributed by atoms with Crippen LogP contribution < -0.4 is 10.1 Å². The van der Waals surface area contributed by atoms with E-state index in [1.807, 2.05) is 29.6 Å². The Hall–Kier alpha value is -2.73. The van der Waals surface area contributed by atoms with Gasteiger partial charge in [-0.3, -0.25) is 15.1 Å². The highest BCUT2D eigenvalue weighted by Gasteiger charge is 2.10. The Labute approximate surface area is 169 Å². The van der Waals surface area contributed by atoms with Crippen molar-refractivity contribution in [3.8, 4) is 17.0 Å². The molecule has 3 rings (SSSR count). The highest BCUT2D eigenvalue weighted by molar-refractivity contribution is 7.14. The zero-order chi connectivity index (χ0) is 19.6. The molecule has 6 heteroatoms. The van der Waals surface area contributed by atoms with Crippen molar-refractivity contribution < 1.29 is 9.53 Å². The molecule has 0 aliphatic carbocycles. The van der Waals surface area contributed by atoms with Crippen molar-refractivity contribution in [3.05, 3.63) is 59.7 Å². The van der Waals surface area contributed by atoms with Crippen molar-refractivity contribution in [1.82, 2.24) is 9.97 Å². The quantitative estimate of drug-likeness (QED) is 0.440. The number of pyridine rings is 1. The van der Waals surface area contributed by atoms with Gasteiger partial charge in [-0.15, -0.1) is 11.3 Å². The van der Waals surface area contributed by atoms with Gasteiger partial charge in [0.1, 0.15) is 5.75 Å². The number of unbranched alkanes of at least 4 members (excludes halogenated alkanes) is 4. The summed E-state index contributed by atoms with van der Waals surface area (Å²) >= 11 is 1.39. The van der Waals surface area contributed by atoms with Crippen LogP contribution in [0.3, 0.4) is 0 Å². The van der Waals surface area contributed by atoms with E-state index in [-0.39, 0.29) is 5.91 Å². The lowest BCUT2D eigenvalue weighted by Crippen LogP contribution is -2.11. The van der Waals surface area contributed by atoms with Crippen molar-refractivity contribution in [3.63, 3.8) is 0 Å². The minimum atomic E-state index is -0.182. The summed E-state index contributed by atoms with van der Waals surface area (Å²) in [5.74, 6) is 0.610. The molecule has 28 heavy (non-hydrogen) atoms. The molecule has 3 aromatic rings. The van der Waals surface area contributed by atoms with Crippen molar-refractivity contribution in [2.45, 2.75) is 39.0 Å². The molecule has 1 aromatic carbocycles.